The van der Waals surface area contributed by atoms with E-state index in [1.165, 1.54) is 6.07 Å². The second-order valence-corrected chi connectivity index (χ2v) is 7.65. The third kappa shape index (κ3) is 4.25. The molecule has 2 rings (SSSR count). The smallest absolute Gasteiger partial charge is 0.304 e. The number of benzene rings is 1. The van der Waals surface area contributed by atoms with Crippen LogP contribution in [0, 0.1) is 12.7 Å². The summed E-state index contributed by atoms with van der Waals surface area (Å²) in [5, 5.41) is 8.92. The Morgan fingerprint density at radius 1 is 1.48 bits per heavy atom. The van der Waals surface area contributed by atoms with E-state index in [-0.39, 0.29) is 30.3 Å². The Bertz CT molecular complexity index is 644. The SMILES string of the molecule is Cc1ccc(CN2CCS(=O)(=O)CC2CC(=O)O)cc1F. The van der Waals surface area contributed by atoms with E-state index in [1.807, 2.05) is 0 Å². The molecule has 0 aromatic heterocycles. The maximum Gasteiger partial charge on any atom is 0.304 e. The van der Waals surface area contributed by atoms with Crippen LogP contribution in [0.25, 0.3) is 0 Å². The monoisotopic (exact) mass is 315 g/mol. The highest BCUT2D eigenvalue weighted by Crippen LogP contribution is 2.19. The van der Waals surface area contributed by atoms with Gasteiger partial charge in [-0.15, -0.1) is 0 Å². The number of aryl methyl sites for hydroxylation is 1. The Kier molecular flexibility index (Phi) is 4.63. The van der Waals surface area contributed by atoms with Gasteiger partial charge in [-0.05, 0) is 24.1 Å². The van der Waals surface area contributed by atoms with Crippen molar-refractivity contribution < 1.29 is 22.7 Å². The first kappa shape index (κ1) is 15.9. The van der Waals surface area contributed by atoms with Crippen molar-refractivity contribution in [2.45, 2.75) is 25.9 Å². The third-order valence-electron chi connectivity index (χ3n) is 3.68. The summed E-state index contributed by atoms with van der Waals surface area (Å²) < 4.78 is 36.9. The predicted molar refractivity (Wildman–Crippen MR) is 76.2 cm³/mol. The molecule has 0 saturated carbocycles. The average molecular weight is 315 g/mol. The average Bonchev–Trinajstić information content (AvgIpc) is 2.36. The lowest BCUT2D eigenvalue weighted by atomic mass is 10.1. The molecule has 0 bridgehead atoms. The second kappa shape index (κ2) is 6.11. The minimum atomic E-state index is -3.20. The van der Waals surface area contributed by atoms with E-state index in [2.05, 4.69) is 0 Å². The van der Waals surface area contributed by atoms with Crippen molar-refractivity contribution in [3.8, 4) is 0 Å². The molecule has 0 aliphatic carbocycles. The Morgan fingerprint density at radius 2 is 2.19 bits per heavy atom. The van der Waals surface area contributed by atoms with Crippen LogP contribution in [-0.4, -0.2) is 48.5 Å². The van der Waals surface area contributed by atoms with Crippen LogP contribution in [0.2, 0.25) is 0 Å². The fourth-order valence-corrected chi connectivity index (χ4v) is 4.08. The summed E-state index contributed by atoms with van der Waals surface area (Å²) in [6.07, 6.45) is -0.229. The quantitative estimate of drug-likeness (QED) is 0.904. The van der Waals surface area contributed by atoms with Gasteiger partial charge in [-0.25, -0.2) is 12.8 Å². The number of carboxylic acid groups (broad SMARTS) is 1. The maximum atomic E-state index is 13.6. The van der Waals surface area contributed by atoms with Gasteiger partial charge in [-0.1, -0.05) is 12.1 Å². The first-order valence-electron chi connectivity index (χ1n) is 6.68. The van der Waals surface area contributed by atoms with Gasteiger partial charge in [0.2, 0.25) is 0 Å². The van der Waals surface area contributed by atoms with Crippen LogP contribution < -0.4 is 0 Å². The molecule has 0 radical (unpaired) electrons. The molecule has 1 N–H and O–H groups in total. The molecule has 21 heavy (non-hydrogen) atoms. The van der Waals surface area contributed by atoms with Gasteiger partial charge in [-0.3, -0.25) is 9.69 Å². The number of aliphatic carboxylic acids is 1. The van der Waals surface area contributed by atoms with Gasteiger partial charge in [0.05, 0.1) is 17.9 Å². The Hall–Kier alpha value is -1.47. The highest BCUT2D eigenvalue weighted by Gasteiger charge is 2.32. The summed E-state index contributed by atoms with van der Waals surface area (Å²) in [4.78, 5) is 12.7. The Labute approximate surface area is 123 Å². The van der Waals surface area contributed by atoms with Crippen molar-refractivity contribution in [1.82, 2.24) is 4.90 Å². The highest BCUT2D eigenvalue weighted by molar-refractivity contribution is 7.91. The van der Waals surface area contributed by atoms with Crippen LogP contribution in [-0.2, 0) is 21.2 Å². The van der Waals surface area contributed by atoms with Crippen LogP contribution >= 0.6 is 0 Å². The van der Waals surface area contributed by atoms with Gasteiger partial charge < -0.3 is 5.11 Å². The molecule has 1 heterocycles. The lowest BCUT2D eigenvalue weighted by Gasteiger charge is -2.34. The van der Waals surface area contributed by atoms with E-state index in [0.717, 1.165) is 0 Å². The number of carbonyl (C=O) groups is 1. The number of hydrogen-bond donors (Lipinski definition) is 1. The molecule has 1 unspecified atom stereocenters. The van der Waals surface area contributed by atoms with Gasteiger partial charge in [0.1, 0.15) is 5.82 Å². The number of hydrogen-bond acceptors (Lipinski definition) is 4. The van der Waals surface area contributed by atoms with Crippen LogP contribution in [0.15, 0.2) is 18.2 Å². The number of rotatable bonds is 4. The van der Waals surface area contributed by atoms with Crippen molar-refractivity contribution in [2.24, 2.45) is 0 Å². The van der Waals surface area contributed by atoms with E-state index >= 15 is 0 Å². The van der Waals surface area contributed by atoms with Gasteiger partial charge in [0, 0.05) is 19.1 Å². The fourth-order valence-electron chi connectivity index (χ4n) is 2.49. The molecule has 0 amide bonds. The first-order chi connectivity index (χ1) is 9.77. The molecule has 1 saturated heterocycles. The van der Waals surface area contributed by atoms with Crippen molar-refractivity contribution >= 4 is 15.8 Å². The topological polar surface area (TPSA) is 74.7 Å². The summed E-state index contributed by atoms with van der Waals surface area (Å²) in [7, 11) is -3.20. The molecule has 5 nitrogen and oxygen atoms in total. The molecule has 116 valence electrons. The normalized spacial score (nSPS) is 22.1. The zero-order valence-electron chi connectivity index (χ0n) is 11.8. The van der Waals surface area contributed by atoms with Crippen LogP contribution in [0.1, 0.15) is 17.5 Å². The molecule has 1 aromatic rings. The molecule has 1 aromatic carbocycles. The lowest BCUT2D eigenvalue weighted by molar-refractivity contribution is -0.138. The number of nitrogens with zero attached hydrogens (tertiary/aromatic N) is 1. The summed E-state index contributed by atoms with van der Waals surface area (Å²) in [5.74, 6) is -1.49. The number of halogens is 1. The summed E-state index contributed by atoms with van der Waals surface area (Å²) >= 11 is 0. The van der Waals surface area contributed by atoms with E-state index in [4.69, 9.17) is 5.11 Å². The fraction of sp³-hybridized carbons (Fsp3) is 0.500. The predicted octanol–water partition coefficient (Wildman–Crippen LogP) is 1.21. The van der Waals surface area contributed by atoms with Crippen molar-refractivity contribution in [3.05, 3.63) is 35.1 Å². The Morgan fingerprint density at radius 3 is 2.81 bits per heavy atom. The molecule has 0 spiro atoms. The zero-order chi connectivity index (χ0) is 15.6. The van der Waals surface area contributed by atoms with E-state index in [1.54, 1.807) is 24.0 Å². The minimum absolute atomic E-state index is 0.0114. The summed E-state index contributed by atoms with van der Waals surface area (Å²) in [6.45, 7) is 2.29. The van der Waals surface area contributed by atoms with Crippen LogP contribution in [0.3, 0.4) is 0 Å². The van der Waals surface area contributed by atoms with Crippen LogP contribution in [0.5, 0.6) is 0 Å². The Balaban J connectivity index is 2.15. The van der Waals surface area contributed by atoms with E-state index in [9.17, 15) is 17.6 Å². The largest absolute Gasteiger partial charge is 0.481 e. The van der Waals surface area contributed by atoms with Gasteiger partial charge in [0.15, 0.2) is 9.84 Å². The molecule has 1 aliphatic rings. The van der Waals surface area contributed by atoms with Gasteiger partial charge >= 0.3 is 5.97 Å². The van der Waals surface area contributed by atoms with Gasteiger partial charge in [-0.2, -0.15) is 0 Å². The highest BCUT2D eigenvalue weighted by atomic mass is 32.2. The summed E-state index contributed by atoms with van der Waals surface area (Å²) in [6, 6.07) is 4.29. The molecule has 1 atom stereocenters. The molecule has 7 heteroatoms. The van der Waals surface area contributed by atoms with Crippen molar-refractivity contribution in [3.63, 3.8) is 0 Å². The lowest BCUT2D eigenvalue weighted by Crippen LogP contribution is -2.48. The molecular weight excluding hydrogens is 297 g/mol. The molecular formula is C14H18FNO4S. The molecule has 1 aliphatic heterocycles. The van der Waals surface area contributed by atoms with E-state index in [0.29, 0.717) is 17.7 Å². The summed E-state index contributed by atoms with van der Waals surface area (Å²) in [5.41, 5.74) is 1.26. The maximum absolute atomic E-state index is 13.6. The zero-order valence-corrected chi connectivity index (χ0v) is 12.6. The van der Waals surface area contributed by atoms with Crippen molar-refractivity contribution in [1.29, 1.82) is 0 Å². The second-order valence-electron chi connectivity index (χ2n) is 5.42. The standard InChI is InChI=1S/C14H18FNO4S/c1-10-2-3-11(6-13(10)15)8-16-4-5-21(19,20)9-12(16)7-14(17)18/h2-3,6,12H,4-5,7-9H2,1H3,(H,17,18). The van der Waals surface area contributed by atoms with Gasteiger partial charge in [0.25, 0.3) is 0 Å². The minimum Gasteiger partial charge on any atom is -0.481 e. The number of carboxylic acids is 1. The van der Waals surface area contributed by atoms with Crippen molar-refractivity contribution in [2.75, 3.05) is 18.1 Å². The molecule has 1 fully saturated rings. The first-order valence-corrected chi connectivity index (χ1v) is 8.50. The third-order valence-corrected chi connectivity index (χ3v) is 5.38. The number of sulfone groups is 1. The van der Waals surface area contributed by atoms with Crippen LogP contribution in [0.4, 0.5) is 4.39 Å². The van der Waals surface area contributed by atoms with E-state index < -0.39 is 21.8 Å².